The molecule has 3 N–H and O–H groups in total. The maximum atomic E-state index is 12.8. The Hall–Kier alpha value is -3.58. The highest BCUT2D eigenvalue weighted by Gasteiger charge is 2.32. The molecular formula is C23H34N6O7. The van der Waals surface area contributed by atoms with Crippen LogP contribution in [0.1, 0.15) is 39.5 Å². The molecule has 0 spiro atoms. The van der Waals surface area contributed by atoms with E-state index in [1.165, 1.54) is 0 Å². The molecule has 2 heterocycles. The van der Waals surface area contributed by atoms with Gasteiger partial charge in [0, 0.05) is 38.1 Å². The maximum Gasteiger partial charge on any atom is 0.404 e. The molecule has 2 aromatic rings. The Morgan fingerprint density at radius 3 is 2.19 bits per heavy atom. The highest BCUT2D eigenvalue weighted by Crippen LogP contribution is 2.28. The minimum atomic E-state index is -0.915. The van der Waals surface area contributed by atoms with Crippen molar-refractivity contribution in [3.05, 3.63) is 24.8 Å². The van der Waals surface area contributed by atoms with Crippen molar-refractivity contribution in [1.29, 1.82) is 0 Å². The zero-order valence-corrected chi connectivity index (χ0v) is 20.8. The fraction of sp³-hybridized carbons (Fsp3) is 0.565. The zero-order valence-electron chi connectivity index (χ0n) is 20.8. The standard InChI is InChI=1S/C19H26N6O4.C4H8O3/c1-3-28-12-18(26)25(14-4-6-15(7-5-14)29-19(20)27)17-10-21-16(9-22-17)13-8-23-24(2)11-13;1-2-7-3-4(5)6/h8-11,14-15H,3-7,12H2,1-2H3,(H2,20,27);2-3H2,1H3,(H,5,6)/t14-,15-;. The number of hydrogen-bond donors (Lipinski definition) is 2. The summed E-state index contributed by atoms with van der Waals surface area (Å²) in [6.07, 6.45) is 8.40. The van der Waals surface area contributed by atoms with Gasteiger partial charge in [-0.2, -0.15) is 5.10 Å². The Kier molecular flexibility index (Phi) is 11.7. The number of nitrogens with two attached hydrogens (primary N) is 1. The summed E-state index contributed by atoms with van der Waals surface area (Å²) < 4.78 is 16.6. The number of aryl methyl sites for hydroxylation is 1. The van der Waals surface area contributed by atoms with Gasteiger partial charge in [0.05, 0.1) is 24.3 Å². The van der Waals surface area contributed by atoms with Gasteiger partial charge in [0.25, 0.3) is 5.91 Å². The summed E-state index contributed by atoms with van der Waals surface area (Å²) in [5.41, 5.74) is 6.64. The molecular weight excluding hydrogens is 472 g/mol. The molecule has 0 aromatic carbocycles. The van der Waals surface area contributed by atoms with Crippen LogP contribution in [0, 0.1) is 0 Å². The second-order valence-electron chi connectivity index (χ2n) is 7.96. The monoisotopic (exact) mass is 506 g/mol. The fourth-order valence-electron chi connectivity index (χ4n) is 3.70. The third kappa shape index (κ3) is 9.23. The number of carbonyl (C=O) groups excluding carboxylic acids is 2. The molecule has 3 rings (SSSR count). The van der Waals surface area contributed by atoms with Crippen LogP contribution < -0.4 is 10.6 Å². The van der Waals surface area contributed by atoms with Gasteiger partial charge in [-0.1, -0.05) is 0 Å². The number of rotatable bonds is 10. The summed E-state index contributed by atoms with van der Waals surface area (Å²) in [6.45, 7) is 4.29. The lowest BCUT2D eigenvalue weighted by Gasteiger charge is -2.35. The molecule has 13 heteroatoms. The first kappa shape index (κ1) is 28.7. The van der Waals surface area contributed by atoms with E-state index < -0.39 is 12.1 Å². The van der Waals surface area contributed by atoms with Crippen LogP contribution in [0.3, 0.4) is 0 Å². The first-order valence-electron chi connectivity index (χ1n) is 11.7. The van der Waals surface area contributed by atoms with Gasteiger partial charge in [-0.15, -0.1) is 0 Å². The maximum absolute atomic E-state index is 12.8. The lowest BCUT2D eigenvalue weighted by molar-refractivity contribution is -0.142. The van der Waals surface area contributed by atoms with Gasteiger partial charge in [-0.25, -0.2) is 14.6 Å². The SMILES string of the molecule is CCOCC(=O)N(c1cnc(-c2cnn(C)c2)cn1)[C@H]1CC[C@H](OC(N)=O)CC1.CCOCC(=O)O. The molecule has 0 saturated heterocycles. The van der Waals surface area contributed by atoms with E-state index >= 15 is 0 Å². The lowest BCUT2D eigenvalue weighted by Crippen LogP contribution is -2.46. The first-order chi connectivity index (χ1) is 17.2. The van der Waals surface area contributed by atoms with Crippen molar-refractivity contribution in [2.24, 2.45) is 12.8 Å². The molecule has 0 bridgehead atoms. The Labute approximate surface area is 209 Å². The number of aliphatic carboxylic acids is 1. The number of carbonyl (C=O) groups is 3. The summed E-state index contributed by atoms with van der Waals surface area (Å²) in [4.78, 5) is 44.0. The second kappa shape index (κ2) is 14.7. The lowest BCUT2D eigenvalue weighted by atomic mass is 9.91. The molecule has 36 heavy (non-hydrogen) atoms. The number of carboxylic acid groups (broad SMARTS) is 1. The van der Waals surface area contributed by atoms with E-state index in [1.54, 1.807) is 35.1 Å². The van der Waals surface area contributed by atoms with Crippen LogP contribution >= 0.6 is 0 Å². The topological polar surface area (TPSA) is 172 Å². The Balaban J connectivity index is 0.000000572. The summed E-state index contributed by atoms with van der Waals surface area (Å²) in [5.74, 6) is -0.613. The van der Waals surface area contributed by atoms with E-state index in [9.17, 15) is 14.4 Å². The number of aromatic nitrogens is 4. The Bertz CT molecular complexity index is 974. The Morgan fingerprint density at radius 1 is 1.06 bits per heavy atom. The number of primary amides is 1. The van der Waals surface area contributed by atoms with E-state index in [4.69, 9.17) is 20.3 Å². The average Bonchev–Trinajstić information content (AvgIpc) is 3.29. The summed E-state index contributed by atoms with van der Waals surface area (Å²) >= 11 is 0. The van der Waals surface area contributed by atoms with E-state index in [0.29, 0.717) is 50.4 Å². The summed E-state index contributed by atoms with van der Waals surface area (Å²) in [5, 5.41) is 12.1. The zero-order chi connectivity index (χ0) is 26.5. The number of amides is 2. The number of anilines is 1. The van der Waals surface area contributed by atoms with Crippen molar-refractivity contribution >= 4 is 23.8 Å². The van der Waals surface area contributed by atoms with Crippen molar-refractivity contribution in [3.63, 3.8) is 0 Å². The molecule has 13 nitrogen and oxygen atoms in total. The van der Waals surface area contributed by atoms with Gasteiger partial charge < -0.3 is 25.1 Å². The van der Waals surface area contributed by atoms with Crippen molar-refractivity contribution in [2.75, 3.05) is 31.3 Å². The number of ether oxygens (including phenoxy) is 3. The van der Waals surface area contributed by atoms with Gasteiger partial charge in [0.1, 0.15) is 19.3 Å². The van der Waals surface area contributed by atoms with Crippen LogP contribution in [0.2, 0.25) is 0 Å². The molecule has 1 aliphatic carbocycles. The van der Waals surface area contributed by atoms with Crippen LogP contribution in [-0.4, -0.2) is 81.4 Å². The van der Waals surface area contributed by atoms with Crippen LogP contribution in [0.5, 0.6) is 0 Å². The molecule has 1 saturated carbocycles. The highest BCUT2D eigenvalue weighted by atomic mass is 16.6. The molecule has 2 aromatic heterocycles. The van der Waals surface area contributed by atoms with Crippen molar-refractivity contribution < 1.29 is 33.7 Å². The van der Waals surface area contributed by atoms with Gasteiger partial charge >= 0.3 is 12.1 Å². The minimum absolute atomic E-state index is 0.0275. The molecule has 2 amide bonds. The smallest absolute Gasteiger partial charge is 0.404 e. The molecule has 0 radical (unpaired) electrons. The van der Waals surface area contributed by atoms with Crippen LogP contribution in [-0.2, 0) is 30.8 Å². The molecule has 1 fully saturated rings. The Morgan fingerprint density at radius 2 is 1.72 bits per heavy atom. The van der Waals surface area contributed by atoms with Gasteiger partial charge in [0.15, 0.2) is 5.82 Å². The van der Waals surface area contributed by atoms with Gasteiger partial charge in [-0.05, 0) is 39.5 Å². The average molecular weight is 507 g/mol. The first-order valence-corrected chi connectivity index (χ1v) is 11.7. The predicted molar refractivity (Wildman–Crippen MR) is 129 cm³/mol. The van der Waals surface area contributed by atoms with Crippen LogP contribution in [0.4, 0.5) is 10.6 Å². The summed E-state index contributed by atoms with van der Waals surface area (Å²) in [6, 6.07) is -0.0748. The number of carboxylic acids is 1. The third-order valence-corrected chi connectivity index (χ3v) is 5.31. The fourth-order valence-corrected chi connectivity index (χ4v) is 3.70. The van der Waals surface area contributed by atoms with E-state index in [1.807, 2.05) is 20.2 Å². The second-order valence-corrected chi connectivity index (χ2v) is 7.96. The van der Waals surface area contributed by atoms with Crippen molar-refractivity contribution in [1.82, 2.24) is 19.7 Å². The van der Waals surface area contributed by atoms with E-state index in [0.717, 1.165) is 5.56 Å². The number of nitrogens with zero attached hydrogens (tertiary/aromatic N) is 5. The van der Waals surface area contributed by atoms with E-state index in [-0.39, 0.29) is 31.3 Å². The van der Waals surface area contributed by atoms with Crippen molar-refractivity contribution in [3.8, 4) is 11.3 Å². The quantitative estimate of drug-likeness (QED) is 0.483. The van der Waals surface area contributed by atoms with Crippen LogP contribution in [0.25, 0.3) is 11.3 Å². The molecule has 198 valence electrons. The molecule has 0 unspecified atom stereocenters. The van der Waals surface area contributed by atoms with Gasteiger partial charge in [-0.3, -0.25) is 19.4 Å². The number of hydrogen-bond acceptors (Lipinski definition) is 9. The molecule has 0 atom stereocenters. The normalized spacial score (nSPS) is 17.0. The predicted octanol–water partition coefficient (Wildman–Crippen LogP) is 1.76. The molecule has 1 aliphatic rings. The third-order valence-electron chi connectivity index (χ3n) is 5.31. The van der Waals surface area contributed by atoms with Gasteiger partial charge in [0.2, 0.25) is 0 Å². The van der Waals surface area contributed by atoms with Crippen LogP contribution in [0.15, 0.2) is 24.8 Å². The largest absolute Gasteiger partial charge is 0.480 e. The summed E-state index contributed by atoms with van der Waals surface area (Å²) in [7, 11) is 1.83. The minimum Gasteiger partial charge on any atom is -0.480 e. The van der Waals surface area contributed by atoms with E-state index in [2.05, 4.69) is 19.8 Å². The molecule has 0 aliphatic heterocycles. The highest BCUT2D eigenvalue weighted by molar-refractivity contribution is 5.94. The van der Waals surface area contributed by atoms with Crippen molar-refractivity contribution in [2.45, 2.75) is 51.7 Å².